The van der Waals surface area contributed by atoms with Gasteiger partial charge in [-0.25, -0.2) is 0 Å². The van der Waals surface area contributed by atoms with Crippen LogP contribution in [-0.4, -0.2) is 5.11 Å². The first kappa shape index (κ1) is 27.1. The molecule has 1 nitrogen and oxygen atoms in total. The van der Waals surface area contributed by atoms with Gasteiger partial charge in [-0.3, -0.25) is 0 Å². The van der Waals surface area contributed by atoms with Crippen LogP contribution < -0.4 is 0 Å². The Balaban J connectivity index is 0.00000128. The zero-order chi connectivity index (χ0) is 20.6. The molecule has 4 aromatic carbocycles. The minimum atomic E-state index is -1.27. The van der Waals surface area contributed by atoms with E-state index in [1.807, 2.05) is 60.7 Å². The van der Waals surface area contributed by atoms with Crippen molar-refractivity contribution >= 4 is 41.2 Å². The van der Waals surface area contributed by atoms with Gasteiger partial charge in [0.1, 0.15) is 5.60 Å². The van der Waals surface area contributed by atoms with E-state index in [9.17, 15) is 5.11 Å². The zero-order valence-electron chi connectivity index (χ0n) is 18.4. The summed E-state index contributed by atoms with van der Waals surface area (Å²) in [6.07, 6.45) is 5.27. The Kier molecular flexibility index (Phi) is 9.32. The molecule has 0 amide bonds. The summed E-state index contributed by atoms with van der Waals surface area (Å²) in [6, 6.07) is 32.8. The fourth-order valence-corrected chi connectivity index (χ4v) is 4.66. The van der Waals surface area contributed by atoms with E-state index in [1.54, 1.807) is 0 Å². The number of benzene rings is 4. The summed E-state index contributed by atoms with van der Waals surface area (Å²) in [7, 11) is 0. The molecule has 0 saturated carbocycles. The molecule has 0 radical (unpaired) electrons. The Morgan fingerprint density at radius 1 is 0.697 bits per heavy atom. The summed E-state index contributed by atoms with van der Waals surface area (Å²) in [5, 5.41) is 14.8. The molecule has 0 aromatic heterocycles. The smallest absolute Gasteiger partial charge is 0.141 e. The molecule has 0 spiro atoms. The second kappa shape index (κ2) is 11.3. The third kappa shape index (κ3) is 4.75. The molecule has 4 heteroatoms. The van der Waals surface area contributed by atoms with Crippen molar-refractivity contribution in [3.05, 3.63) is 137 Å². The maximum Gasteiger partial charge on any atom is 0.141 e. The molecule has 0 aliphatic heterocycles. The minimum Gasteiger partial charge on any atom is -0.376 e. The summed E-state index contributed by atoms with van der Waals surface area (Å²) >= 11 is 0. The number of allylic oxidation sites excluding steroid dienone is 4. The summed E-state index contributed by atoms with van der Waals surface area (Å²) in [4.78, 5) is 0. The van der Waals surface area contributed by atoms with Gasteiger partial charge in [0.15, 0.2) is 0 Å². The molecule has 1 aliphatic carbocycles. The van der Waals surface area contributed by atoms with Crippen molar-refractivity contribution in [2.45, 2.75) is 18.9 Å². The first-order chi connectivity index (χ1) is 14.7. The standard InChI is InChI=1S/C29H24O.2ClH.Ti/c1-21-11-10-18-25(21)27-20-19-22-12-8-9-17-26(22)28(27)29(30,23-13-4-2-5-14-23)24-15-6-3-7-16-24;;;/h2-17,19-20,30H,18H2,1H3;2*1H;. The summed E-state index contributed by atoms with van der Waals surface area (Å²) in [6.45, 7) is 2.15. The fourth-order valence-electron chi connectivity index (χ4n) is 4.66. The third-order valence-corrected chi connectivity index (χ3v) is 6.16. The minimum absolute atomic E-state index is 0. The zero-order valence-corrected chi connectivity index (χ0v) is 21.6. The molecule has 0 atom stereocenters. The molecule has 0 saturated heterocycles. The molecule has 0 heterocycles. The van der Waals surface area contributed by atoms with Crippen LogP contribution in [0.25, 0.3) is 16.3 Å². The predicted molar refractivity (Wildman–Crippen MR) is 140 cm³/mol. The molecule has 166 valence electrons. The number of rotatable bonds is 4. The average molecular weight is 509 g/mol. The van der Waals surface area contributed by atoms with Crippen LogP contribution in [0.4, 0.5) is 0 Å². The van der Waals surface area contributed by atoms with Crippen LogP contribution in [0.3, 0.4) is 0 Å². The van der Waals surface area contributed by atoms with E-state index in [4.69, 9.17) is 0 Å². The van der Waals surface area contributed by atoms with Crippen LogP contribution in [-0.2, 0) is 27.3 Å². The van der Waals surface area contributed by atoms with Gasteiger partial charge >= 0.3 is 0 Å². The maximum atomic E-state index is 12.6. The SMILES string of the molecule is CC1=C(c2ccc3ccccc3c2C(O)(c2ccccc2)c2ccccc2)CC=C1.Cl.Cl.[Ti]. The van der Waals surface area contributed by atoms with E-state index in [0.717, 1.165) is 39.4 Å². The third-order valence-electron chi connectivity index (χ3n) is 6.16. The van der Waals surface area contributed by atoms with Gasteiger partial charge in [-0.2, -0.15) is 0 Å². The number of fused-ring (bicyclic) bond motifs is 1. The Morgan fingerprint density at radius 3 is 1.79 bits per heavy atom. The fraction of sp³-hybridized carbons (Fsp3) is 0.103. The van der Waals surface area contributed by atoms with Gasteiger partial charge in [-0.15, -0.1) is 24.8 Å². The van der Waals surface area contributed by atoms with Gasteiger partial charge in [-0.1, -0.05) is 109 Å². The molecule has 5 rings (SSSR count). The first-order valence-corrected chi connectivity index (χ1v) is 10.4. The quantitative estimate of drug-likeness (QED) is 0.221. The van der Waals surface area contributed by atoms with Gasteiger partial charge in [0.05, 0.1) is 0 Å². The normalized spacial score (nSPS) is 12.7. The van der Waals surface area contributed by atoms with Gasteiger partial charge in [0.2, 0.25) is 0 Å². The molecule has 4 aromatic rings. The largest absolute Gasteiger partial charge is 0.376 e. The molecular weight excluding hydrogens is 483 g/mol. The van der Waals surface area contributed by atoms with Gasteiger partial charge in [0, 0.05) is 27.3 Å². The summed E-state index contributed by atoms with van der Waals surface area (Å²) in [5.41, 5.74) is 5.09. The molecule has 33 heavy (non-hydrogen) atoms. The second-order valence-electron chi connectivity index (χ2n) is 7.92. The van der Waals surface area contributed by atoms with E-state index < -0.39 is 5.60 Å². The Morgan fingerprint density at radius 2 is 1.24 bits per heavy atom. The van der Waals surface area contributed by atoms with Crippen molar-refractivity contribution in [2.75, 3.05) is 0 Å². The van der Waals surface area contributed by atoms with Crippen LogP contribution in [0.2, 0.25) is 0 Å². The number of halogens is 2. The van der Waals surface area contributed by atoms with Crippen molar-refractivity contribution in [3.8, 4) is 0 Å². The molecule has 1 aliphatic rings. The molecule has 0 bridgehead atoms. The van der Waals surface area contributed by atoms with E-state index in [0.29, 0.717) is 0 Å². The van der Waals surface area contributed by atoms with E-state index >= 15 is 0 Å². The van der Waals surface area contributed by atoms with Gasteiger partial charge in [0.25, 0.3) is 0 Å². The van der Waals surface area contributed by atoms with Crippen LogP contribution in [0.5, 0.6) is 0 Å². The molecule has 0 fully saturated rings. The van der Waals surface area contributed by atoms with Gasteiger partial charge < -0.3 is 5.11 Å². The Labute approximate surface area is 223 Å². The van der Waals surface area contributed by atoms with Crippen LogP contribution in [0.15, 0.2) is 115 Å². The van der Waals surface area contributed by atoms with E-state index in [-0.39, 0.29) is 46.5 Å². The Hall–Kier alpha value is -2.13. The number of aliphatic hydroxyl groups is 1. The monoisotopic (exact) mass is 508 g/mol. The van der Waals surface area contributed by atoms with E-state index in [2.05, 4.69) is 55.5 Å². The van der Waals surface area contributed by atoms with E-state index in [1.165, 1.54) is 11.1 Å². The van der Waals surface area contributed by atoms with Crippen molar-refractivity contribution in [1.29, 1.82) is 0 Å². The van der Waals surface area contributed by atoms with Crippen molar-refractivity contribution in [3.63, 3.8) is 0 Å². The Bertz CT molecular complexity index is 1240. The first-order valence-electron chi connectivity index (χ1n) is 10.4. The van der Waals surface area contributed by atoms with Crippen molar-refractivity contribution in [2.24, 2.45) is 0 Å². The molecular formula is C29H26Cl2OTi. The van der Waals surface area contributed by atoms with Gasteiger partial charge in [-0.05, 0) is 52.0 Å². The van der Waals surface area contributed by atoms with Crippen LogP contribution >= 0.6 is 24.8 Å². The van der Waals surface area contributed by atoms with Crippen LogP contribution in [0, 0.1) is 0 Å². The van der Waals surface area contributed by atoms with Crippen molar-refractivity contribution < 1.29 is 26.8 Å². The molecule has 1 N–H and O–H groups in total. The predicted octanol–water partition coefficient (Wildman–Crippen LogP) is 7.70. The second-order valence-corrected chi connectivity index (χ2v) is 7.92. The summed E-state index contributed by atoms with van der Waals surface area (Å²) in [5.74, 6) is 0. The van der Waals surface area contributed by atoms with Crippen molar-refractivity contribution in [1.82, 2.24) is 0 Å². The number of hydrogen-bond acceptors (Lipinski definition) is 1. The maximum absolute atomic E-state index is 12.6. The summed E-state index contributed by atoms with van der Waals surface area (Å²) < 4.78 is 0. The average Bonchev–Trinajstić information content (AvgIpc) is 3.24. The topological polar surface area (TPSA) is 20.2 Å². The van der Waals surface area contributed by atoms with Crippen LogP contribution in [0.1, 0.15) is 35.6 Å². The molecule has 0 unspecified atom stereocenters. The number of hydrogen-bond donors (Lipinski definition) is 1.